The second kappa shape index (κ2) is 6.27. The summed E-state index contributed by atoms with van der Waals surface area (Å²) < 4.78 is 12.6. The minimum absolute atomic E-state index is 0.0428. The van der Waals surface area contributed by atoms with E-state index in [1.165, 1.54) is 0 Å². The van der Waals surface area contributed by atoms with Gasteiger partial charge in [-0.05, 0) is 37.5 Å². The van der Waals surface area contributed by atoms with E-state index in [0.717, 1.165) is 42.3 Å². The molecule has 0 spiro atoms. The lowest BCUT2D eigenvalue weighted by Gasteiger charge is -2.27. The number of amides is 2. The van der Waals surface area contributed by atoms with Gasteiger partial charge in [0.1, 0.15) is 6.33 Å². The molecule has 1 N–H and O–H groups in total. The summed E-state index contributed by atoms with van der Waals surface area (Å²) in [6.45, 7) is 2.90. The Kier molecular flexibility index (Phi) is 3.95. The number of nitrogens with one attached hydrogen (secondary N) is 1. The van der Waals surface area contributed by atoms with E-state index in [9.17, 15) is 4.79 Å². The lowest BCUT2D eigenvalue weighted by atomic mass is 10.0. The third-order valence-corrected chi connectivity index (χ3v) is 4.77. The molecule has 2 unspecified atom stereocenters. The van der Waals surface area contributed by atoms with E-state index in [-0.39, 0.29) is 24.9 Å². The van der Waals surface area contributed by atoms with Gasteiger partial charge in [0.2, 0.25) is 6.79 Å². The number of aryl methyl sites for hydroxylation is 1. The van der Waals surface area contributed by atoms with E-state index in [1.54, 1.807) is 6.33 Å². The molecule has 3 heterocycles. The summed E-state index contributed by atoms with van der Waals surface area (Å²) in [7, 11) is 1.86. The minimum Gasteiger partial charge on any atom is -0.454 e. The topological polar surface area (TPSA) is 81.5 Å². The summed E-state index contributed by atoms with van der Waals surface area (Å²) in [6.07, 6.45) is 3.54. The van der Waals surface area contributed by atoms with Crippen LogP contribution in [0.25, 0.3) is 0 Å². The number of aromatic nitrogens is 3. The molecule has 0 saturated carbocycles. The lowest BCUT2D eigenvalue weighted by molar-refractivity contribution is 0.173. The quantitative estimate of drug-likeness (QED) is 0.923. The second-order valence-corrected chi connectivity index (χ2v) is 6.44. The van der Waals surface area contributed by atoms with Gasteiger partial charge in [-0.25, -0.2) is 4.79 Å². The van der Waals surface area contributed by atoms with E-state index in [1.807, 2.05) is 41.6 Å². The molecule has 25 heavy (non-hydrogen) atoms. The highest BCUT2D eigenvalue weighted by Gasteiger charge is 2.32. The first kappa shape index (κ1) is 15.7. The number of nitrogens with zero attached hydrogens (tertiary/aromatic N) is 4. The smallest absolute Gasteiger partial charge is 0.318 e. The normalized spacial score (nSPS) is 19.9. The third kappa shape index (κ3) is 2.88. The Hall–Kier alpha value is -2.77. The van der Waals surface area contributed by atoms with Crippen LogP contribution in [0.5, 0.6) is 11.5 Å². The zero-order valence-corrected chi connectivity index (χ0v) is 14.3. The molecule has 2 aliphatic rings. The highest BCUT2D eigenvalue weighted by molar-refractivity contribution is 5.75. The molecule has 2 atom stereocenters. The van der Waals surface area contributed by atoms with Crippen LogP contribution < -0.4 is 14.8 Å². The number of hydrogen-bond acceptors (Lipinski definition) is 5. The molecule has 1 fully saturated rings. The molecule has 8 nitrogen and oxygen atoms in total. The standard InChI is InChI=1S/C17H21N5O3/c1-11(16-20-18-9-21(16)2)19-17(23)22-7-3-4-13(22)12-5-6-14-15(8-12)25-10-24-14/h5-6,8-9,11,13H,3-4,7,10H2,1-2H3,(H,19,23). The number of ether oxygens (including phenoxy) is 2. The van der Waals surface area contributed by atoms with E-state index in [4.69, 9.17) is 9.47 Å². The average Bonchev–Trinajstić information content (AvgIpc) is 3.33. The van der Waals surface area contributed by atoms with E-state index in [2.05, 4.69) is 15.5 Å². The lowest BCUT2D eigenvalue weighted by Crippen LogP contribution is -2.41. The Morgan fingerprint density at radius 3 is 3.00 bits per heavy atom. The van der Waals surface area contributed by atoms with Gasteiger partial charge >= 0.3 is 6.03 Å². The van der Waals surface area contributed by atoms with Gasteiger partial charge in [-0.1, -0.05) is 6.07 Å². The number of likely N-dealkylation sites (tertiary alicyclic amines) is 1. The molecule has 0 bridgehead atoms. The number of fused-ring (bicyclic) bond motifs is 1. The van der Waals surface area contributed by atoms with E-state index in [0.29, 0.717) is 0 Å². The summed E-state index contributed by atoms with van der Waals surface area (Å²) in [5, 5.41) is 11.0. The summed E-state index contributed by atoms with van der Waals surface area (Å²) >= 11 is 0. The van der Waals surface area contributed by atoms with E-state index < -0.39 is 0 Å². The molecule has 1 aromatic carbocycles. The zero-order chi connectivity index (χ0) is 17.4. The van der Waals surface area contributed by atoms with Crippen molar-refractivity contribution in [1.29, 1.82) is 0 Å². The first-order valence-corrected chi connectivity index (χ1v) is 8.44. The van der Waals surface area contributed by atoms with Crippen molar-refractivity contribution in [3.05, 3.63) is 35.9 Å². The molecule has 132 valence electrons. The molecule has 4 rings (SSSR count). The maximum absolute atomic E-state index is 12.8. The number of rotatable bonds is 3. The van der Waals surface area contributed by atoms with Crippen molar-refractivity contribution in [1.82, 2.24) is 25.0 Å². The van der Waals surface area contributed by atoms with Crippen LogP contribution >= 0.6 is 0 Å². The SMILES string of the molecule is CC(NC(=O)N1CCCC1c1ccc2c(c1)OCO2)c1nncn1C. The molecule has 2 amide bonds. The Bertz CT molecular complexity index is 790. The van der Waals surface area contributed by atoms with Crippen LogP contribution in [0.2, 0.25) is 0 Å². The number of carbonyl (C=O) groups excluding carboxylic acids is 1. The predicted octanol–water partition coefficient (Wildman–Crippen LogP) is 2.15. The molecule has 1 saturated heterocycles. The predicted molar refractivity (Wildman–Crippen MR) is 89.2 cm³/mol. The van der Waals surface area contributed by atoms with Gasteiger partial charge < -0.3 is 24.3 Å². The van der Waals surface area contributed by atoms with Gasteiger partial charge in [0.05, 0.1) is 12.1 Å². The van der Waals surface area contributed by atoms with Gasteiger partial charge in [0, 0.05) is 13.6 Å². The molecule has 1 aromatic heterocycles. The Balaban J connectivity index is 1.49. The van der Waals surface area contributed by atoms with E-state index >= 15 is 0 Å². The minimum atomic E-state index is -0.210. The van der Waals surface area contributed by atoms with Gasteiger partial charge in [-0.15, -0.1) is 10.2 Å². The highest BCUT2D eigenvalue weighted by atomic mass is 16.7. The van der Waals surface area contributed by atoms with Crippen molar-refractivity contribution in [2.24, 2.45) is 7.05 Å². The van der Waals surface area contributed by atoms with Gasteiger partial charge in [-0.2, -0.15) is 0 Å². The van der Waals surface area contributed by atoms with Crippen molar-refractivity contribution >= 4 is 6.03 Å². The fourth-order valence-electron chi connectivity index (χ4n) is 3.49. The first-order chi connectivity index (χ1) is 12.1. The maximum Gasteiger partial charge on any atom is 0.318 e. The van der Waals surface area contributed by atoms with Crippen molar-refractivity contribution in [3.63, 3.8) is 0 Å². The van der Waals surface area contributed by atoms with Crippen molar-refractivity contribution in [3.8, 4) is 11.5 Å². The van der Waals surface area contributed by atoms with Gasteiger partial charge in [0.15, 0.2) is 17.3 Å². The monoisotopic (exact) mass is 343 g/mol. The van der Waals surface area contributed by atoms with Crippen molar-refractivity contribution < 1.29 is 14.3 Å². The summed E-state index contributed by atoms with van der Waals surface area (Å²) in [4.78, 5) is 14.7. The van der Waals surface area contributed by atoms with Crippen LogP contribution in [-0.4, -0.2) is 39.0 Å². The Morgan fingerprint density at radius 1 is 1.36 bits per heavy atom. The molecule has 0 aliphatic carbocycles. The van der Waals surface area contributed by atoms with Crippen LogP contribution in [0.1, 0.15) is 43.2 Å². The molecule has 8 heteroatoms. The average molecular weight is 343 g/mol. The fourth-order valence-corrected chi connectivity index (χ4v) is 3.49. The molecular weight excluding hydrogens is 322 g/mol. The molecule has 2 aliphatic heterocycles. The van der Waals surface area contributed by atoms with Gasteiger partial charge in [-0.3, -0.25) is 0 Å². The number of carbonyl (C=O) groups is 1. The summed E-state index contributed by atoms with van der Waals surface area (Å²) in [6, 6.07) is 5.64. The van der Waals surface area contributed by atoms with Gasteiger partial charge in [0.25, 0.3) is 0 Å². The molecule has 2 aromatic rings. The summed E-state index contributed by atoms with van der Waals surface area (Å²) in [5.74, 6) is 2.23. The maximum atomic E-state index is 12.8. The first-order valence-electron chi connectivity index (χ1n) is 8.44. The molecular formula is C17H21N5O3. The fraction of sp³-hybridized carbons (Fsp3) is 0.471. The van der Waals surface area contributed by atoms with Crippen molar-refractivity contribution in [2.45, 2.75) is 31.8 Å². The van der Waals surface area contributed by atoms with Crippen LogP contribution in [0.4, 0.5) is 4.79 Å². The number of urea groups is 1. The van der Waals surface area contributed by atoms with Crippen molar-refractivity contribution in [2.75, 3.05) is 13.3 Å². The zero-order valence-electron chi connectivity index (χ0n) is 14.3. The number of hydrogen-bond donors (Lipinski definition) is 1. The largest absolute Gasteiger partial charge is 0.454 e. The van der Waals surface area contributed by atoms with Crippen LogP contribution in [0.3, 0.4) is 0 Å². The van der Waals surface area contributed by atoms with Crippen LogP contribution in [0, 0.1) is 0 Å². The Morgan fingerprint density at radius 2 is 2.20 bits per heavy atom. The van der Waals surface area contributed by atoms with Crippen LogP contribution in [0.15, 0.2) is 24.5 Å². The summed E-state index contributed by atoms with van der Waals surface area (Å²) in [5.41, 5.74) is 1.07. The number of benzene rings is 1. The Labute approximate surface area is 145 Å². The molecule has 0 radical (unpaired) electrons. The van der Waals surface area contributed by atoms with Crippen LogP contribution in [-0.2, 0) is 7.05 Å². The highest BCUT2D eigenvalue weighted by Crippen LogP contribution is 2.38. The second-order valence-electron chi connectivity index (χ2n) is 6.44. The third-order valence-electron chi connectivity index (χ3n) is 4.77.